The molecule has 1 N–H and O–H groups in total. The second-order valence-electron chi connectivity index (χ2n) is 5.60. The van der Waals surface area contributed by atoms with Gasteiger partial charge in [0, 0.05) is 25.0 Å². The van der Waals surface area contributed by atoms with E-state index in [-0.39, 0.29) is 5.91 Å². The van der Waals surface area contributed by atoms with E-state index in [0.29, 0.717) is 17.8 Å². The molecule has 2 fully saturated rings. The molecule has 1 aliphatic carbocycles. The van der Waals surface area contributed by atoms with Gasteiger partial charge in [-0.05, 0) is 44.4 Å². The third kappa shape index (κ3) is 2.84. The van der Waals surface area contributed by atoms with Crippen LogP contribution in [0.4, 0.5) is 0 Å². The Kier molecular flexibility index (Phi) is 3.60. The smallest absolute Gasteiger partial charge is 0.289 e. The van der Waals surface area contributed by atoms with Gasteiger partial charge in [0.2, 0.25) is 0 Å². The van der Waals surface area contributed by atoms with Crippen LogP contribution in [0, 0.1) is 0 Å². The van der Waals surface area contributed by atoms with Crippen LogP contribution < -0.4 is 5.32 Å². The van der Waals surface area contributed by atoms with Crippen molar-refractivity contribution in [2.75, 3.05) is 13.1 Å². The van der Waals surface area contributed by atoms with Crippen LogP contribution in [-0.2, 0) is 6.42 Å². The number of amides is 1. The maximum atomic E-state index is 12.5. The van der Waals surface area contributed by atoms with Gasteiger partial charge in [0.15, 0.2) is 5.76 Å². The minimum Gasteiger partial charge on any atom is -0.456 e. The summed E-state index contributed by atoms with van der Waals surface area (Å²) in [6, 6.07) is 4.63. The number of rotatable bonds is 5. The lowest BCUT2D eigenvalue weighted by molar-refractivity contribution is 0.0694. The molecule has 1 amide bonds. The van der Waals surface area contributed by atoms with E-state index in [9.17, 15) is 4.79 Å². The fraction of sp³-hybridized carbons (Fsp3) is 0.667. The van der Waals surface area contributed by atoms with Crippen molar-refractivity contribution in [3.05, 3.63) is 23.7 Å². The van der Waals surface area contributed by atoms with Gasteiger partial charge in [-0.2, -0.15) is 0 Å². The summed E-state index contributed by atoms with van der Waals surface area (Å²) >= 11 is 0. The first-order valence-corrected chi connectivity index (χ1v) is 7.41. The molecule has 0 unspecified atom stereocenters. The van der Waals surface area contributed by atoms with Crippen molar-refractivity contribution in [1.82, 2.24) is 10.2 Å². The Labute approximate surface area is 114 Å². The topological polar surface area (TPSA) is 45.5 Å². The summed E-state index contributed by atoms with van der Waals surface area (Å²) in [4.78, 5) is 14.6. The van der Waals surface area contributed by atoms with Crippen LogP contribution in [0.25, 0.3) is 0 Å². The highest BCUT2D eigenvalue weighted by Gasteiger charge is 2.36. The maximum absolute atomic E-state index is 12.5. The van der Waals surface area contributed by atoms with Crippen molar-refractivity contribution < 1.29 is 9.21 Å². The third-order valence-electron chi connectivity index (χ3n) is 4.05. The van der Waals surface area contributed by atoms with Gasteiger partial charge in [0.25, 0.3) is 5.91 Å². The van der Waals surface area contributed by atoms with Gasteiger partial charge in [-0.25, -0.2) is 0 Å². The first-order chi connectivity index (χ1) is 9.28. The number of carbonyl (C=O) groups excluding carboxylic acids is 1. The largest absolute Gasteiger partial charge is 0.456 e. The van der Waals surface area contributed by atoms with Crippen LogP contribution in [0.1, 0.15) is 48.9 Å². The van der Waals surface area contributed by atoms with Crippen molar-refractivity contribution in [2.45, 2.75) is 51.1 Å². The Hall–Kier alpha value is -1.29. The zero-order valence-electron chi connectivity index (χ0n) is 11.5. The predicted octanol–water partition coefficient (Wildman–Crippen LogP) is 2.20. The zero-order chi connectivity index (χ0) is 13.2. The van der Waals surface area contributed by atoms with E-state index in [1.54, 1.807) is 0 Å². The van der Waals surface area contributed by atoms with E-state index >= 15 is 0 Å². The monoisotopic (exact) mass is 262 g/mol. The summed E-state index contributed by atoms with van der Waals surface area (Å²) in [6.07, 6.45) is 5.51. The average molecular weight is 262 g/mol. The summed E-state index contributed by atoms with van der Waals surface area (Å²) in [5.74, 6) is 1.45. The fourth-order valence-electron chi connectivity index (χ4n) is 2.76. The molecule has 2 heterocycles. The van der Waals surface area contributed by atoms with E-state index in [2.05, 4.69) is 5.32 Å². The molecule has 4 heteroatoms. The van der Waals surface area contributed by atoms with Crippen molar-refractivity contribution in [2.24, 2.45) is 0 Å². The fourth-order valence-corrected chi connectivity index (χ4v) is 2.76. The lowest BCUT2D eigenvalue weighted by Gasteiger charge is -2.25. The molecular formula is C15H22N2O2. The number of hydrogen-bond donors (Lipinski definition) is 1. The summed E-state index contributed by atoms with van der Waals surface area (Å²) in [5.41, 5.74) is 0. The van der Waals surface area contributed by atoms with Gasteiger partial charge in [-0.1, -0.05) is 6.92 Å². The van der Waals surface area contributed by atoms with Crippen LogP contribution in [0.5, 0.6) is 0 Å². The molecule has 0 aromatic carbocycles. The number of furan rings is 1. The van der Waals surface area contributed by atoms with Gasteiger partial charge in [-0.3, -0.25) is 4.79 Å². The predicted molar refractivity (Wildman–Crippen MR) is 73.2 cm³/mol. The van der Waals surface area contributed by atoms with Crippen molar-refractivity contribution >= 4 is 5.91 Å². The summed E-state index contributed by atoms with van der Waals surface area (Å²) < 4.78 is 5.61. The average Bonchev–Trinajstić information content (AvgIpc) is 2.95. The van der Waals surface area contributed by atoms with Crippen LogP contribution in [0.3, 0.4) is 0 Å². The third-order valence-corrected chi connectivity index (χ3v) is 4.05. The first-order valence-electron chi connectivity index (χ1n) is 7.41. The molecule has 0 spiro atoms. The van der Waals surface area contributed by atoms with E-state index in [1.807, 2.05) is 24.0 Å². The molecule has 1 aromatic heterocycles. The normalized spacial score (nSPS) is 22.7. The number of hydrogen-bond acceptors (Lipinski definition) is 3. The zero-order valence-corrected chi connectivity index (χ0v) is 11.5. The lowest BCUT2D eigenvalue weighted by atomic mass is 10.2. The molecule has 1 aromatic rings. The second-order valence-corrected chi connectivity index (χ2v) is 5.60. The summed E-state index contributed by atoms with van der Waals surface area (Å²) in [7, 11) is 0. The standard InChI is InChI=1S/C15H22N2O2/c1-2-13-7-8-14(19-13)15(18)17(12-5-6-12)10-11-4-3-9-16-11/h7-8,11-12,16H,2-6,9-10H2,1H3/t11-/m1/s1. The summed E-state index contributed by atoms with van der Waals surface area (Å²) in [6.45, 7) is 3.94. The number of carbonyl (C=O) groups is 1. The lowest BCUT2D eigenvalue weighted by Crippen LogP contribution is -2.42. The molecule has 0 bridgehead atoms. The minimum atomic E-state index is 0.0656. The highest BCUT2D eigenvalue weighted by atomic mass is 16.4. The Morgan fingerprint density at radius 3 is 2.84 bits per heavy atom. The van der Waals surface area contributed by atoms with Gasteiger partial charge in [0.05, 0.1) is 0 Å². The molecule has 1 saturated heterocycles. The molecule has 1 saturated carbocycles. The van der Waals surface area contributed by atoms with Crippen LogP contribution in [0.2, 0.25) is 0 Å². The number of nitrogens with zero attached hydrogens (tertiary/aromatic N) is 1. The van der Waals surface area contributed by atoms with Gasteiger partial charge >= 0.3 is 0 Å². The molecule has 2 aliphatic rings. The molecule has 104 valence electrons. The second kappa shape index (κ2) is 5.37. The van der Waals surface area contributed by atoms with E-state index < -0.39 is 0 Å². The highest BCUT2D eigenvalue weighted by Crippen LogP contribution is 2.29. The molecule has 3 rings (SSSR count). The van der Waals surface area contributed by atoms with Crippen molar-refractivity contribution in [3.8, 4) is 0 Å². The van der Waals surface area contributed by atoms with Crippen LogP contribution in [-0.4, -0.2) is 36.0 Å². The Balaban J connectivity index is 1.69. The van der Waals surface area contributed by atoms with Crippen molar-refractivity contribution in [3.63, 3.8) is 0 Å². The highest BCUT2D eigenvalue weighted by molar-refractivity contribution is 5.92. The molecule has 4 nitrogen and oxygen atoms in total. The Bertz CT molecular complexity index is 445. The molecular weight excluding hydrogens is 240 g/mol. The van der Waals surface area contributed by atoms with E-state index in [0.717, 1.165) is 38.1 Å². The van der Waals surface area contributed by atoms with Gasteiger partial charge in [-0.15, -0.1) is 0 Å². The molecule has 1 aliphatic heterocycles. The Morgan fingerprint density at radius 2 is 2.26 bits per heavy atom. The molecule has 1 atom stereocenters. The number of nitrogens with one attached hydrogen (secondary N) is 1. The first kappa shape index (κ1) is 12.7. The van der Waals surface area contributed by atoms with Crippen LogP contribution in [0.15, 0.2) is 16.5 Å². The maximum Gasteiger partial charge on any atom is 0.289 e. The van der Waals surface area contributed by atoms with E-state index in [1.165, 1.54) is 12.8 Å². The summed E-state index contributed by atoms with van der Waals surface area (Å²) in [5, 5.41) is 3.47. The van der Waals surface area contributed by atoms with Gasteiger partial charge < -0.3 is 14.6 Å². The van der Waals surface area contributed by atoms with Crippen LogP contribution >= 0.6 is 0 Å². The quantitative estimate of drug-likeness (QED) is 0.885. The van der Waals surface area contributed by atoms with E-state index in [4.69, 9.17) is 4.42 Å². The molecule has 0 radical (unpaired) electrons. The SMILES string of the molecule is CCc1ccc(C(=O)N(C[C@H]2CCCN2)C2CC2)o1. The Morgan fingerprint density at radius 1 is 1.42 bits per heavy atom. The van der Waals surface area contributed by atoms with Crippen molar-refractivity contribution in [1.29, 1.82) is 0 Å². The van der Waals surface area contributed by atoms with Gasteiger partial charge in [0.1, 0.15) is 5.76 Å². The minimum absolute atomic E-state index is 0.0656. The molecule has 19 heavy (non-hydrogen) atoms. The number of aryl methyl sites for hydroxylation is 1.